The molecule has 2 N–H and O–H groups in total. The van der Waals surface area contributed by atoms with Crippen LogP contribution in [0.25, 0.3) is 0 Å². The van der Waals surface area contributed by atoms with Crippen LogP contribution in [0.3, 0.4) is 0 Å². The minimum absolute atomic E-state index is 0.222. The lowest BCUT2D eigenvalue weighted by atomic mass is 9.89. The SMILES string of the molecule is CCOc1ccc(CCNC(=O)C(=O)NC(C)c2ccc3c(c2)CCCC3)cc1OCC. The Morgan fingerprint density at radius 2 is 1.62 bits per heavy atom. The van der Waals surface area contributed by atoms with Crippen molar-refractivity contribution in [2.24, 2.45) is 0 Å². The number of benzene rings is 2. The molecule has 2 aromatic carbocycles. The molecule has 1 unspecified atom stereocenters. The summed E-state index contributed by atoms with van der Waals surface area (Å²) < 4.78 is 11.2. The molecule has 2 aromatic rings. The van der Waals surface area contributed by atoms with Crippen molar-refractivity contribution in [1.29, 1.82) is 0 Å². The highest BCUT2D eigenvalue weighted by Gasteiger charge is 2.18. The van der Waals surface area contributed by atoms with Gasteiger partial charge in [-0.1, -0.05) is 24.3 Å². The molecule has 32 heavy (non-hydrogen) atoms. The molecule has 6 heteroatoms. The number of rotatable bonds is 9. The molecule has 0 bridgehead atoms. The van der Waals surface area contributed by atoms with Gasteiger partial charge in [-0.15, -0.1) is 0 Å². The summed E-state index contributed by atoms with van der Waals surface area (Å²) in [6.45, 7) is 7.23. The van der Waals surface area contributed by atoms with Crippen LogP contribution in [0.5, 0.6) is 11.5 Å². The zero-order valence-electron chi connectivity index (χ0n) is 19.3. The summed E-state index contributed by atoms with van der Waals surface area (Å²) in [5.41, 5.74) is 4.80. The van der Waals surface area contributed by atoms with Crippen molar-refractivity contribution in [2.75, 3.05) is 19.8 Å². The van der Waals surface area contributed by atoms with Crippen LogP contribution in [0.4, 0.5) is 0 Å². The molecule has 172 valence electrons. The number of hydrogen-bond acceptors (Lipinski definition) is 4. The van der Waals surface area contributed by atoms with Gasteiger partial charge in [0.15, 0.2) is 11.5 Å². The number of amides is 2. The predicted molar refractivity (Wildman–Crippen MR) is 125 cm³/mol. The summed E-state index contributed by atoms with van der Waals surface area (Å²) in [7, 11) is 0. The number of carbonyl (C=O) groups excluding carboxylic acids is 2. The number of carbonyl (C=O) groups is 2. The molecule has 0 fully saturated rings. The van der Waals surface area contributed by atoms with Gasteiger partial charge in [0, 0.05) is 6.54 Å². The van der Waals surface area contributed by atoms with Crippen molar-refractivity contribution in [2.45, 2.75) is 58.9 Å². The largest absolute Gasteiger partial charge is 0.490 e. The van der Waals surface area contributed by atoms with Gasteiger partial charge in [0.25, 0.3) is 0 Å². The van der Waals surface area contributed by atoms with Gasteiger partial charge < -0.3 is 20.1 Å². The first-order valence-electron chi connectivity index (χ1n) is 11.6. The van der Waals surface area contributed by atoms with E-state index < -0.39 is 11.8 Å². The molecule has 1 aliphatic rings. The van der Waals surface area contributed by atoms with Crippen LogP contribution in [0.15, 0.2) is 36.4 Å². The van der Waals surface area contributed by atoms with Crippen LogP contribution in [-0.4, -0.2) is 31.6 Å². The van der Waals surface area contributed by atoms with Crippen LogP contribution < -0.4 is 20.1 Å². The first kappa shape index (κ1) is 23.6. The molecule has 0 aliphatic heterocycles. The Kier molecular flexibility index (Phi) is 8.54. The fraction of sp³-hybridized carbons (Fsp3) is 0.462. The van der Waals surface area contributed by atoms with E-state index in [0.717, 1.165) is 24.0 Å². The van der Waals surface area contributed by atoms with E-state index in [-0.39, 0.29) is 6.04 Å². The van der Waals surface area contributed by atoms with Crippen LogP contribution in [-0.2, 0) is 28.9 Å². The van der Waals surface area contributed by atoms with Gasteiger partial charge in [-0.25, -0.2) is 0 Å². The number of fused-ring (bicyclic) bond motifs is 1. The molecule has 0 heterocycles. The summed E-state index contributed by atoms with van der Waals surface area (Å²) >= 11 is 0. The third kappa shape index (κ3) is 6.25. The maximum Gasteiger partial charge on any atom is 0.309 e. The Bertz CT molecular complexity index is 941. The Balaban J connectivity index is 1.49. The summed E-state index contributed by atoms with van der Waals surface area (Å²) in [5.74, 6) is 0.162. The molecule has 3 rings (SSSR count). The first-order valence-corrected chi connectivity index (χ1v) is 11.6. The van der Waals surface area contributed by atoms with Gasteiger partial charge >= 0.3 is 11.8 Å². The number of aryl methyl sites for hydroxylation is 2. The Morgan fingerprint density at radius 3 is 2.38 bits per heavy atom. The van der Waals surface area contributed by atoms with E-state index >= 15 is 0 Å². The number of ether oxygens (including phenoxy) is 2. The monoisotopic (exact) mass is 438 g/mol. The molecule has 0 spiro atoms. The highest BCUT2D eigenvalue weighted by atomic mass is 16.5. The maximum absolute atomic E-state index is 12.4. The molecule has 1 aliphatic carbocycles. The second-order valence-electron chi connectivity index (χ2n) is 8.08. The van der Waals surface area contributed by atoms with Crippen molar-refractivity contribution >= 4 is 11.8 Å². The lowest BCUT2D eigenvalue weighted by Crippen LogP contribution is -2.41. The molecule has 0 saturated carbocycles. The highest BCUT2D eigenvalue weighted by molar-refractivity contribution is 6.35. The molecular weight excluding hydrogens is 404 g/mol. The number of hydrogen-bond donors (Lipinski definition) is 2. The molecule has 1 atom stereocenters. The lowest BCUT2D eigenvalue weighted by Gasteiger charge is -2.20. The smallest absolute Gasteiger partial charge is 0.309 e. The average molecular weight is 439 g/mol. The van der Waals surface area contributed by atoms with Crippen molar-refractivity contribution in [3.8, 4) is 11.5 Å². The van der Waals surface area contributed by atoms with Crippen molar-refractivity contribution in [3.05, 3.63) is 58.7 Å². The molecule has 0 saturated heterocycles. The van der Waals surface area contributed by atoms with Gasteiger partial charge in [0.1, 0.15) is 0 Å². The second kappa shape index (κ2) is 11.6. The van der Waals surface area contributed by atoms with E-state index in [1.807, 2.05) is 39.0 Å². The highest BCUT2D eigenvalue weighted by Crippen LogP contribution is 2.28. The van der Waals surface area contributed by atoms with Crippen molar-refractivity contribution < 1.29 is 19.1 Å². The standard InChI is InChI=1S/C26H34N2O4/c1-4-31-23-13-10-19(16-24(23)32-5-2)14-15-27-25(29)26(30)28-18(3)21-12-11-20-8-6-7-9-22(20)17-21/h10-13,16-18H,4-9,14-15H2,1-3H3,(H,27,29)(H,28,30). The predicted octanol–water partition coefficient (Wildman–Crippen LogP) is 3.90. The summed E-state index contributed by atoms with van der Waals surface area (Å²) in [6.07, 6.45) is 5.24. The Morgan fingerprint density at radius 1 is 0.906 bits per heavy atom. The number of nitrogens with one attached hydrogen (secondary N) is 2. The molecule has 0 radical (unpaired) electrons. The molecule has 0 aromatic heterocycles. The van der Waals surface area contributed by atoms with E-state index in [9.17, 15) is 9.59 Å². The van der Waals surface area contributed by atoms with Crippen molar-refractivity contribution in [3.63, 3.8) is 0 Å². The van der Waals surface area contributed by atoms with E-state index in [1.165, 1.54) is 24.0 Å². The lowest BCUT2D eigenvalue weighted by molar-refractivity contribution is -0.139. The van der Waals surface area contributed by atoms with Crippen LogP contribution in [0.1, 0.15) is 61.9 Å². The minimum Gasteiger partial charge on any atom is -0.490 e. The topological polar surface area (TPSA) is 76.7 Å². The maximum atomic E-state index is 12.4. The zero-order chi connectivity index (χ0) is 22.9. The van der Waals surface area contributed by atoms with Gasteiger partial charge in [-0.05, 0) is 87.3 Å². The molecule has 6 nitrogen and oxygen atoms in total. The summed E-state index contributed by atoms with van der Waals surface area (Å²) in [4.78, 5) is 24.6. The summed E-state index contributed by atoms with van der Waals surface area (Å²) in [5, 5.41) is 5.52. The fourth-order valence-corrected chi connectivity index (χ4v) is 4.02. The van der Waals surface area contributed by atoms with Crippen LogP contribution in [0, 0.1) is 0 Å². The Hall–Kier alpha value is -3.02. The van der Waals surface area contributed by atoms with Crippen LogP contribution in [0.2, 0.25) is 0 Å². The Labute approximate surface area is 190 Å². The normalized spacial score (nSPS) is 13.6. The van der Waals surface area contributed by atoms with E-state index in [0.29, 0.717) is 37.7 Å². The van der Waals surface area contributed by atoms with E-state index in [1.54, 1.807) is 0 Å². The third-order valence-corrected chi connectivity index (χ3v) is 5.73. The second-order valence-corrected chi connectivity index (χ2v) is 8.08. The molecular formula is C26H34N2O4. The third-order valence-electron chi connectivity index (χ3n) is 5.73. The zero-order valence-corrected chi connectivity index (χ0v) is 19.3. The van der Waals surface area contributed by atoms with E-state index in [4.69, 9.17) is 9.47 Å². The minimum atomic E-state index is -0.620. The van der Waals surface area contributed by atoms with Crippen LogP contribution >= 0.6 is 0 Å². The summed E-state index contributed by atoms with van der Waals surface area (Å²) in [6, 6.07) is 11.9. The fourth-order valence-electron chi connectivity index (χ4n) is 4.02. The first-order chi connectivity index (χ1) is 15.5. The van der Waals surface area contributed by atoms with Gasteiger partial charge in [-0.2, -0.15) is 0 Å². The average Bonchev–Trinajstić information content (AvgIpc) is 2.80. The van der Waals surface area contributed by atoms with Gasteiger partial charge in [-0.3, -0.25) is 9.59 Å². The quantitative estimate of drug-likeness (QED) is 0.582. The molecule has 2 amide bonds. The van der Waals surface area contributed by atoms with Gasteiger partial charge in [0.05, 0.1) is 19.3 Å². The van der Waals surface area contributed by atoms with E-state index in [2.05, 4.69) is 28.8 Å². The van der Waals surface area contributed by atoms with Crippen molar-refractivity contribution in [1.82, 2.24) is 10.6 Å². The van der Waals surface area contributed by atoms with Gasteiger partial charge in [0.2, 0.25) is 0 Å².